The van der Waals surface area contributed by atoms with Crippen molar-refractivity contribution in [3.8, 4) is 0 Å². The minimum absolute atomic E-state index is 0.292. The highest BCUT2D eigenvalue weighted by Crippen LogP contribution is 2.29. The summed E-state index contributed by atoms with van der Waals surface area (Å²) in [4.78, 5) is 0. The largest absolute Gasteiger partial charge is 0.348 e. The van der Waals surface area contributed by atoms with Crippen molar-refractivity contribution in [1.29, 1.82) is 0 Å². The summed E-state index contributed by atoms with van der Waals surface area (Å²) in [5, 5.41) is 0. The zero-order valence-corrected chi connectivity index (χ0v) is 7.89. The van der Waals surface area contributed by atoms with Crippen LogP contribution in [-0.2, 0) is 9.47 Å². The predicted octanol–water partition coefficient (Wildman–Crippen LogP) is 2.18. The molecule has 1 saturated heterocycles. The maximum absolute atomic E-state index is 5.74. The van der Waals surface area contributed by atoms with Gasteiger partial charge in [0.05, 0.1) is 12.7 Å². The van der Waals surface area contributed by atoms with E-state index in [1.807, 2.05) is 6.92 Å². The summed E-state index contributed by atoms with van der Waals surface area (Å²) < 4.78 is 11.3. The molecule has 2 unspecified atom stereocenters. The van der Waals surface area contributed by atoms with Gasteiger partial charge in [-0.05, 0) is 19.3 Å². The summed E-state index contributed by atoms with van der Waals surface area (Å²) in [5.41, 5.74) is 0. The first-order chi connectivity index (χ1) is 5.07. The van der Waals surface area contributed by atoms with Gasteiger partial charge in [-0.25, -0.2) is 0 Å². The molecule has 0 N–H and O–H groups in total. The van der Waals surface area contributed by atoms with Crippen LogP contribution in [0.3, 0.4) is 0 Å². The molecule has 0 aliphatic carbocycles. The average molecular weight is 158 g/mol. The lowest BCUT2D eigenvalue weighted by Gasteiger charge is -2.22. The Balaban J connectivity index is 2.46. The third-order valence-electron chi connectivity index (χ3n) is 2.34. The summed E-state index contributed by atoms with van der Waals surface area (Å²) in [6.45, 7) is 9.17. The van der Waals surface area contributed by atoms with E-state index in [-0.39, 0.29) is 5.79 Å². The van der Waals surface area contributed by atoms with E-state index in [2.05, 4.69) is 20.8 Å². The van der Waals surface area contributed by atoms with Crippen LogP contribution in [-0.4, -0.2) is 18.5 Å². The van der Waals surface area contributed by atoms with Crippen molar-refractivity contribution in [2.75, 3.05) is 6.61 Å². The predicted molar refractivity (Wildman–Crippen MR) is 44.4 cm³/mol. The van der Waals surface area contributed by atoms with E-state index in [1.54, 1.807) is 0 Å². The Kier molecular flexibility index (Phi) is 2.55. The maximum atomic E-state index is 5.74. The van der Waals surface area contributed by atoms with Gasteiger partial charge in [-0.2, -0.15) is 0 Å². The van der Waals surface area contributed by atoms with Crippen molar-refractivity contribution in [1.82, 2.24) is 0 Å². The molecule has 1 aliphatic rings. The molecule has 0 radical (unpaired) electrons. The number of hydrogen-bond donors (Lipinski definition) is 0. The highest BCUT2D eigenvalue weighted by Gasteiger charge is 2.36. The molecule has 0 bridgehead atoms. The van der Waals surface area contributed by atoms with Gasteiger partial charge in [0.25, 0.3) is 0 Å². The Labute approximate surface area is 68.9 Å². The lowest BCUT2D eigenvalue weighted by molar-refractivity contribution is -0.159. The van der Waals surface area contributed by atoms with Crippen LogP contribution < -0.4 is 0 Å². The van der Waals surface area contributed by atoms with Gasteiger partial charge >= 0.3 is 0 Å². The lowest BCUT2D eigenvalue weighted by atomic mass is 10.1. The summed E-state index contributed by atoms with van der Waals surface area (Å²) >= 11 is 0. The second-order valence-corrected chi connectivity index (χ2v) is 3.70. The van der Waals surface area contributed by atoms with Gasteiger partial charge in [0.2, 0.25) is 0 Å². The summed E-state index contributed by atoms with van der Waals surface area (Å²) in [6.07, 6.45) is 1.22. The van der Waals surface area contributed by atoms with E-state index in [0.717, 1.165) is 13.0 Å². The minimum atomic E-state index is -0.311. The fraction of sp³-hybridized carbons (Fsp3) is 1.00. The highest BCUT2D eigenvalue weighted by atomic mass is 16.7. The molecule has 2 heteroatoms. The zero-order valence-electron chi connectivity index (χ0n) is 7.89. The normalized spacial score (nSPS) is 38.5. The molecule has 0 aromatic heterocycles. The van der Waals surface area contributed by atoms with E-state index in [1.165, 1.54) is 0 Å². The Morgan fingerprint density at radius 1 is 1.55 bits per heavy atom. The van der Waals surface area contributed by atoms with Crippen molar-refractivity contribution in [3.63, 3.8) is 0 Å². The molecule has 11 heavy (non-hydrogen) atoms. The molecule has 1 rings (SSSR count). The Hall–Kier alpha value is -0.0800. The van der Waals surface area contributed by atoms with Gasteiger partial charge in [0, 0.05) is 0 Å². The average Bonchev–Trinajstić information content (AvgIpc) is 2.33. The van der Waals surface area contributed by atoms with Crippen LogP contribution >= 0.6 is 0 Å². The van der Waals surface area contributed by atoms with E-state index < -0.39 is 0 Å². The Morgan fingerprint density at radius 3 is 2.45 bits per heavy atom. The third-order valence-corrected chi connectivity index (χ3v) is 2.34. The van der Waals surface area contributed by atoms with Crippen molar-refractivity contribution in [2.45, 2.75) is 46.0 Å². The monoisotopic (exact) mass is 158 g/mol. The Bertz CT molecular complexity index is 134. The minimum Gasteiger partial charge on any atom is -0.348 e. The van der Waals surface area contributed by atoms with Gasteiger partial charge in [0.1, 0.15) is 0 Å². The van der Waals surface area contributed by atoms with E-state index in [9.17, 15) is 0 Å². The number of ether oxygens (including phenoxy) is 2. The van der Waals surface area contributed by atoms with Crippen LogP contribution in [0.25, 0.3) is 0 Å². The molecular weight excluding hydrogens is 140 g/mol. The van der Waals surface area contributed by atoms with Crippen LogP contribution in [0.1, 0.15) is 34.1 Å². The lowest BCUT2D eigenvalue weighted by Crippen LogP contribution is -2.26. The van der Waals surface area contributed by atoms with E-state index >= 15 is 0 Å². The molecule has 0 spiro atoms. The molecular formula is C9H18O2. The topological polar surface area (TPSA) is 18.5 Å². The van der Waals surface area contributed by atoms with Crippen molar-refractivity contribution in [2.24, 2.45) is 5.92 Å². The van der Waals surface area contributed by atoms with Crippen molar-refractivity contribution >= 4 is 0 Å². The zero-order chi connectivity index (χ0) is 8.48. The van der Waals surface area contributed by atoms with Crippen LogP contribution in [0.15, 0.2) is 0 Å². The fourth-order valence-corrected chi connectivity index (χ4v) is 1.16. The third kappa shape index (κ3) is 1.94. The molecule has 0 saturated carbocycles. The molecule has 0 aromatic rings. The first-order valence-corrected chi connectivity index (χ1v) is 4.39. The number of hydrogen-bond acceptors (Lipinski definition) is 2. The fourth-order valence-electron chi connectivity index (χ4n) is 1.16. The van der Waals surface area contributed by atoms with Gasteiger partial charge < -0.3 is 9.47 Å². The molecule has 1 aliphatic heterocycles. The molecule has 2 nitrogen and oxygen atoms in total. The molecule has 66 valence electrons. The smallest absolute Gasteiger partial charge is 0.165 e. The second-order valence-electron chi connectivity index (χ2n) is 3.70. The van der Waals surface area contributed by atoms with Crippen LogP contribution in [0.5, 0.6) is 0 Å². The van der Waals surface area contributed by atoms with Crippen molar-refractivity contribution < 1.29 is 9.47 Å². The van der Waals surface area contributed by atoms with Crippen LogP contribution in [0.2, 0.25) is 0 Å². The molecule has 1 heterocycles. The van der Waals surface area contributed by atoms with E-state index in [0.29, 0.717) is 12.0 Å². The van der Waals surface area contributed by atoms with E-state index in [4.69, 9.17) is 9.47 Å². The maximum Gasteiger partial charge on any atom is 0.165 e. The second kappa shape index (κ2) is 3.11. The Morgan fingerprint density at radius 2 is 2.18 bits per heavy atom. The summed E-state index contributed by atoms with van der Waals surface area (Å²) in [5.74, 6) is 0.248. The van der Waals surface area contributed by atoms with Gasteiger partial charge in [-0.3, -0.25) is 0 Å². The van der Waals surface area contributed by atoms with Gasteiger partial charge in [-0.1, -0.05) is 20.8 Å². The molecule has 1 fully saturated rings. The van der Waals surface area contributed by atoms with Crippen molar-refractivity contribution in [3.05, 3.63) is 0 Å². The summed E-state index contributed by atoms with van der Waals surface area (Å²) in [6, 6.07) is 0. The van der Waals surface area contributed by atoms with Crippen LogP contribution in [0, 0.1) is 5.92 Å². The molecule has 0 aromatic carbocycles. The SMILES string of the molecule is CCC1(C)OCC(C(C)C)O1. The standard InChI is InChI=1S/C9H18O2/c1-5-9(4)10-6-8(11-9)7(2)3/h7-8H,5-6H2,1-4H3. The molecule has 2 atom stereocenters. The van der Waals surface area contributed by atoms with Gasteiger partial charge in [-0.15, -0.1) is 0 Å². The quantitative estimate of drug-likeness (QED) is 0.613. The summed E-state index contributed by atoms with van der Waals surface area (Å²) in [7, 11) is 0. The van der Waals surface area contributed by atoms with Gasteiger partial charge in [0.15, 0.2) is 5.79 Å². The number of rotatable bonds is 2. The molecule has 0 amide bonds. The first kappa shape index (κ1) is 9.01. The first-order valence-electron chi connectivity index (χ1n) is 4.39. The van der Waals surface area contributed by atoms with Crippen LogP contribution in [0.4, 0.5) is 0 Å². The highest BCUT2D eigenvalue weighted by molar-refractivity contribution is 4.75.